The summed E-state index contributed by atoms with van der Waals surface area (Å²) in [5.74, 6) is 0.211. The van der Waals surface area contributed by atoms with Crippen LogP contribution in [-0.4, -0.2) is 29.4 Å². The first-order valence-corrected chi connectivity index (χ1v) is 7.24. The third-order valence-electron chi connectivity index (χ3n) is 3.63. The smallest absolute Gasteiger partial charge is 0.173 e. The van der Waals surface area contributed by atoms with Crippen molar-refractivity contribution in [1.29, 1.82) is 0 Å². The number of nitrogens with one attached hydrogen (secondary N) is 1. The monoisotopic (exact) mass is 276 g/mol. The summed E-state index contributed by atoms with van der Waals surface area (Å²) in [7, 11) is 0. The first-order valence-electron chi connectivity index (χ1n) is 6.83. The maximum absolute atomic E-state index is 10.7. The Morgan fingerprint density at radius 1 is 1.37 bits per heavy atom. The molecule has 0 saturated carbocycles. The van der Waals surface area contributed by atoms with E-state index in [1.165, 1.54) is 5.56 Å². The summed E-state index contributed by atoms with van der Waals surface area (Å²) < 4.78 is 0. The Balaban J connectivity index is 1.88. The first-order chi connectivity index (χ1) is 9.22. The highest BCUT2D eigenvalue weighted by Crippen LogP contribution is 2.17. The van der Waals surface area contributed by atoms with Crippen LogP contribution in [0.5, 0.6) is 0 Å². The number of benzene rings is 1. The van der Waals surface area contributed by atoms with Crippen LogP contribution in [0.1, 0.15) is 25.3 Å². The molecule has 0 aromatic heterocycles. The van der Waals surface area contributed by atoms with Crippen LogP contribution in [0.25, 0.3) is 0 Å². The van der Waals surface area contributed by atoms with Gasteiger partial charge in [0.15, 0.2) is 5.11 Å². The molecule has 0 radical (unpaired) electrons. The average Bonchev–Trinajstić information content (AvgIpc) is 2.48. The minimum Gasteiger partial charge on any atom is -0.349 e. The number of rotatable bonds is 3. The van der Waals surface area contributed by atoms with E-state index in [1.54, 1.807) is 0 Å². The summed E-state index contributed by atoms with van der Waals surface area (Å²) in [4.78, 5) is 12.9. The highest BCUT2D eigenvalue weighted by atomic mass is 32.1. The molecule has 1 fully saturated rings. The van der Waals surface area contributed by atoms with Gasteiger partial charge in [0.2, 0.25) is 0 Å². The van der Waals surface area contributed by atoms with Crippen molar-refractivity contribution in [3.63, 3.8) is 0 Å². The van der Waals surface area contributed by atoms with Gasteiger partial charge in [0, 0.05) is 24.7 Å². The summed E-state index contributed by atoms with van der Waals surface area (Å²) in [6, 6.07) is 8.35. The first kappa shape index (κ1) is 14.0. The molecular weight excluding hydrogens is 256 g/mol. The number of hydrogen-bond acceptors (Lipinski definition) is 2. The van der Waals surface area contributed by atoms with E-state index in [1.807, 2.05) is 0 Å². The number of thiocarbonyl (C=S) groups is 1. The van der Waals surface area contributed by atoms with E-state index in [0.29, 0.717) is 0 Å². The summed E-state index contributed by atoms with van der Waals surface area (Å²) in [5.41, 5.74) is 2.35. The number of aldehydes is 1. The highest BCUT2D eigenvalue weighted by Gasteiger charge is 2.20. The van der Waals surface area contributed by atoms with Gasteiger partial charge in [-0.25, -0.2) is 0 Å². The standard InChI is InChI=1S/C15H20N2OS/c1-2-12-3-5-14(6-4-12)16-15(19)17-9-7-13(11-18)8-10-17/h3-6,11,13H,2,7-10H2,1H3,(H,16,19). The molecule has 0 unspecified atom stereocenters. The predicted molar refractivity (Wildman–Crippen MR) is 82.4 cm³/mol. The Morgan fingerprint density at radius 3 is 2.53 bits per heavy atom. The number of hydrogen-bond donors (Lipinski definition) is 1. The fourth-order valence-electron chi connectivity index (χ4n) is 2.26. The molecule has 0 bridgehead atoms. The van der Waals surface area contributed by atoms with Gasteiger partial charge in [0.25, 0.3) is 0 Å². The Bertz CT molecular complexity index is 436. The third kappa shape index (κ3) is 3.77. The molecule has 3 nitrogen and oxygen atoms in total. The lowest BCUT2D eigenvalue weighted by Gasteiger charge is -2.31. The van der Waals surface area contributed by atoms with E-state index in [9.17, 15) is 4.79 Å². The predicted octanol–water partition coefficient (Wildman–Crippen LogP) is 2.86. The normalized spacial score (nSPS) is 16.2. The van der Waals surface area contributed by atoms with Crippen molar-refractivity contribution in [2.24, 2.45) is 5.92 Å². The molecule has 0 atom stereocenters. The molecule has 19 heavy (non-hydrogen) atoms. The van der Waals surface area contributed by atoms with Gasteiger partial charge in [-0.15, -0.1) is 0 Å². The van der Waals surface area contributed by atoms with Crippen LogP contribution in [0.4, 0.5) is 5.69 Å². The largest absolute Gasteiger partial charge is 0.349 e. The second-order valence-corrected chi connectivity index (χ2v) is 5.33. The number of likely N-dealkylation sites (tertiary alicyclic amines) is 1. The van der Waals surface area contributed by atoms with E-state index in [2.05, 4.69) is 41.4 Å². The van der Waals surface area contributed by atoms with Crippen LogP contribution in [0, 0.1) is 5.92 Å². The van der Waals surface area contributed by atoms with Crippen LogP contribution >= 0.6 is 12.2 Å². The van der Waals surface area contributed by atoms with Crippen molar-refractivity contribution >= 4 is 29.3 Å². The van der Waals surface area contributed by atoms with Gasteiger partial charge in [-0.2, -0.15) is 0 Å². The Morgan fingerprint density at radius 2 is 2.00 bits per heavy atom. The van der Waals surface area contributed by atoms with Crippen LogP contribution in [0.15, 0.2) is 24.3 Å². The number of anilines is 1. The Hall–Kier alpha value is -1.42. The van der Waals surface area contributed by atoms with Crippen LogP contribution in [0.2, 0.25) is 0 Å². The van der Waals surface area contributed by atoms with E-state index >= 15 is 0 Å². The molecule has 1 aliphatic heterocycles. The van der Waals surface area contributed by atoms with Gasteiger partial charge in [0.05, 0.1) is 0 Å². The van der Waals surface area contributed by atoms with Gasteiger partial charge in [-0.05, 0) is 49.2 Å². The summed E-state index contributed by atoms with van der Waals surface area (Å²) >= 11 is 5.42. The summed E-state index contributed by atoms with van der Waals surface area (Å²) in [6.45, 7) is 3.87. The van der Waals surface area contributed by atoms with Crippen molar-refractivity contribution in [1.82, 2.24) is 4.90 Å². The SMILES string of the molecule is CCc1ccc(NC(=S)N2CCC(C=O)CC2)cc1. The number of aryl methyl sites for hydroxylation is 1. The molecule has 1 aromatic carbocycles. The molecule has 1 aromatic rings. The van der Waals surface area contributed by atoms with Gasteiger partial charge < -0.3 is 15.0 Å². The zero-order valence-corrected chi connectivity index (χ0v) is 12.1. The minimum atomic E-state index is 0.211. The third-order valence-corrected chi connectivity index (χ3v) is 3.99. The fourth-order valence-corrected chi connectivity index (χ4v) is 2.57. The van der Waals surface area contributed by atoms with Gasteiger partial charge in [-0.1, -0.05) is 19.1 Å². The average molecular weight is 276 g/mol. The van der Waals surface area contributed by atoms with Gasteiger partial charge in [0.1, 0.15) is 6.29 Å². The second-order valence-electron chi connectivity index (χ2n) is 4.94. The number of piperidine rings is 1. The molecule has 1 saturated heterocycles. The lowest BCUT2D eigenvalue weighted by molar-refractivity contribution is -0.112. The van der Waals surface area contributed by atoms with Crippen LogP contribution in [0.3, 0.4) is 0 Å². The zero-order chi connectivity index (χ0) is 13.7. The van der Waals surface area contributed by atoms with Gasteiger partial charge >= 0.3 is 0 Å². The molecule has 0 aliphatic carbocycles. The molecule has 1 heterocycles. The maximum Gasteiger partial charge on any atom is 0.173 e. The molecular formula is C15H20N2OS. The van der Waals surface area contributed by atoms with Crippen LogP contribution < -0.4 is 5.32 Å². The van der Waals surface area contributed by atoms with E-state index in [0.717, 1.165) is 49.4 Å². The topological polar surface area (TPSA) is 32.3 Å². The number of nitrogens with zero attached hydrogens (tertiary/aromatic N) is 1. The van der Waals surface area contributed by atoms with Crippen molar-refractivity contribution in [2.45, 2.75) is 26.2 Å². The van der Waals surface area contributed by atoms with Crippen LogP contribution in [-0.2, 0) is 11.2 Å². The lowest BCUT2D eigenvalue weighted by Crippen LogP contribution is -2.41. The van der Waals surface area contributed by atoms with Crippen molar-refractivity contribution in [2.75, 3.05) is 18.4 Å². The second kappa shape index (κ2) is 6.66. The Labute approximate surface area is 120 Å². The Kier molecular flexibility index (Phi) is 4.91. The van der Waals surface area contributed by atoms with Gasteiger partial charge in [-0.3, -0.25) is 0 Å². The molecule has 102 valence electrons. The molecule has 4 heteroatoms. The fraction of sp³-hybridized carbons (Fsp3) is 0.467. The number of carbonyl (C=O) groups excluding carboxylic acids is 1. The summed E-state index contributed by atoms with van der Waals surface area (Å²) in [6.07, 6.45) is 3.92. The van der Waals surface area contributed by atoms with Crippen molar-refractivity contribution < 1.29 is 4.79 Å². The molecule has 1 aliphatic rings. The van der Waals surface area contributed by atoms with E-state index in [4.69, 9.17) is 12.2 Å². The quantitative estimate of drug-likeness (QED) is 0.679. The van der Waals surface area contributed by atoms with Crippen molar-refractivity contribution in [3.05, 3.63) is 29.8 Å². The zero-order valence-electron chi connectivity index (χ0n) is 11.3. The molecule has 1 N–H and O–H groups in total. The minimum absolute atomic E-state index is 0.211. The molecule has 0 spiro atoms. The highest BCUT2D eigenvalue weighted by molar-refractivity contribution is 7.80. The lowest BCUT2D eigenvalue weighted by atomic mass is 9.99. The molecule has 2 rings (SSSR count). The van der Waals surface area contributed by atoms with E-state index in [-0.39, 0.29) is 5.92 Å². The summed E-state index contributed by atoms with van der Waals surface area (Å²) in [5, 5.41) is 4.02. The number of carbonyl (C=O) groups is 1. The van der Waals surface area contributed by atoms with E-state index < -0.39 is 0 Å². The maximum atomic E-state index is 10.7. The molecule has 0 amide bonds. The van der Waals surface area contributed by atoms with Crippen molar-refractivity contribution in [3.8, 4) is 0 Å².